The molecule has 0 aliphatic heterocycles. The number of carbonyl (C=O) groups excluding carboxylic acids is 1. The molecule has 0 saturated heterocycles. The molecule has 0 bridgehead atoms. The molecule has 2 rings (SSSR count). The van der Waals surface area contributed by atoms with Gasteiger partial charge in [-0.3, -0.25) is 0 Å². The first-order chi connectivity index (χ1) is 12.2. The lowest BCUT2D eigenvalue weighted by atomic mass is 10.3. The zero-order valence-electron chi connectivity index (χ0n) is 14.1. The molecule has 0 aliphatic rings. The Labute approximate surface area is 152 Å². The fraction of sp³-hybridized carbons (Fsp3) is 0.333. The highest BCUT2D eigenvalue weighted by molar-refractivity contribution is 6.30. The molecule has 2 amide bonds. The second-order valence-electron chi connectivity index (χ2n) is 5.26. The van der Waals surface area contributed by atoms with Crippen molar-refractivity contribution in [2.45, 2.75) is 19.9 Å². The van der Waals surface area contributed by atoms with Crippen LogP contribution in [0.4, 0.5) is 4.79 Å². The third-order valence-corrected chi connectivity index (χ3v) is 3.43. The Morgan fingerprint density at radius 1 is 1.08 bits per heavy atom. The number of ether oxygens (including phenoxy) is 2. The average molecular weight is 364 g/mol. The minimum atomic E-state index is -0.258. The zero-order chi connectivity index (χ0) is 17.9. The summed E-state index contributed by atoms with van der Waals surface area (Å²) in [7, 11) is 0. The Balaban J connectivity index is 1.61. The zero-order valence-corrected chi connectivity index (χ0v) is 14.9. The maximum atomic E-state index is 11.7. The van der Waals surface area contributed by atoms with Crippen LogP contribution in [0, 0.1) is 0 Å². The summed E-state index contributed by atoms with van der Waals surface area (Å²) in [4.78, 5) is 15.9. The Kier molecular flexibility index (Phi) is 7.85. The first-order valence-corrected chi connectivity index (χ1v) is 8.53. The van der Waals surface area contributed by atoms with Crippen molar-refractivity contribution in [1.29, 1.82) is 0 Å². The molecular formula is C18H22ClN3O3. The van der Waals surface area contributed by atoms with E-state index in [-0.39, 0.29) is 6.03 Å². The maximum absolute atomic E-state index is 11.7. The number of hydrogen-bond donors (Lipinski definition) is 2. The Morgan fingerprint density at radius 3 is 2.56 bits per heavy atom. The first-order valence-electron chi connectivity index (χ1n) is 8.15. The lowest BCUT2D eigenvalue weighted by Gasteiger charge is -2.09. The number of hydrogen-bond acceptors (Lipinski definition) is 4. The van der Waals surface area contributed by atoms with Crippen LogP contribution in [0.1, 0.15) is 18.9 Å². The Morgan fingerprint density at radius 2 is 1.88 bits per heavy atom. The third kappa shape index (κ3) is 7.30. The minimum absolute atomic E-state index is 0.258. The van der Waals surface area contributed by atoms with Crippen molar-refractivity contribution in [3.63, 3.8) is 0 Å². The molecular weight excluding hydrogens is 342 g/mol. The molecule has 0 fully saturated rings. The molecule has 0 saturated carbocycles. The number of benzene rings is 1. The number of amides is 2. The summed E-state index contributed by atoms with van der Waals surface area (Å²) in [5, 5.41) is 6.15. The van der Waals surface area contributed by atoms with Gasteiger partial charge in [-0.1, -0.05) is 24.6 Å². The molecule has 0 unspecified atom stereocenters. The Hall–Kier alpha value is -2.47. The molecule has 1 heterocycles. The maximum Gasteiger partial charge on any atom is 0.315 e. The monoisotopic (exact) mass is 363 g/mol. The van der Waals surface area contributed by atoms with E-state index in [0.29, 0.717) is 43.0 Å². The van der Waals surface area contributed by atoms with Crippen LogP contribution in [0.15, 0.2) is 42.6 Å². The van der Waals surface area contributed by atoms with E-state index in [0.717, 1.165) is 12.0 Å². The molecule has 6 nitrogen and oxygen atoms in total. The summed E-state index contributed by atoms with van der Waals surface area (Å²) >= 11 is 5.80. The summed E-state index contributed by atoms with van der Waals surface area (Å²) in [5.74, 6) is 1.30. The highest BCUT2D eigenvalue weighted by Gasteiger charge is 2.02. The van der Waals surface area contributed by atoms with Gasteiger partial charge in [-0.15, -0.1) is 0 Å². The smallest absolute Gasteiger partial charge is 0.315 e. The van der Waals surface area contributed by atoms with E-state index in [1.54, 1.807) is 36.5 Å². The van der Waals surface area contributed by atoms with Gasteiger partial charge in [0.2, 0.25) is 5.88 Å². The number of aromatic nitrogens is 1. The molecule has 1 aromatic carbocycles. The molecule has 2 aromatic rings. The fourth-order valence-electron chi connectivity index (χ4n) is 1.92. The molecule has 7 heteroatoms. The van der Waals surface area contributed by atoms with Crippen LogP contribution in [0.25, 0.3) is 0 Å². The van der Waals surface area contributed by atoms with Crippen molar-refractivity contribution < 1.29 is 14.3 Å². The average Bonchev–Trinajstić information content (AvgIpc) is 2.64. The fourth-order valence-corrected chi connectivity index (χ4v) is 2.04. The van der Waals surface area contributed by atoms with Crippen LogP contribution in [-0.2, 0) is 6.54 Å². The summed E-state index contributed by atoms with van der Waals surface area (Å²) < 4.78 is 10.9. The number of urea groups is 1. The van der Waals surface area contributed by atoms with Gasteiger partial charge in [0.05, 0.1) is 13.2 Å². The summed E-state index contributed by atoms with van der Waals surface area (Å²) in [5.41, 5.74) is 0.899. The molecule has 0 spiro atoms. The van der Waals surface area contributed by atoms with Crippen LogP contribution >= 0.6 is 11.6 Å². The van der Waals surface area contributed by atoms with Gasteiger partial charge in [-0.25, -0.2) is 9.78 Å². The molecule has 134 valence electrons. The molecule has 0 atom stereocenters. The number of nitrogens with one attached hydrogen (secondary N) is 2. The first kappa shape index (κ1) is 18.9. The number of nitrogens with zero attached hydrogens (tertiary/aromatic N) is 1. The summed E-state index contributed by atoms with van der Waals surface area (Å²) in [6, 6.07) is 10.5. The second kappa shape index (κ2) is 10.4. The molecule has 25 heavy (non-hydrogen) atoms. The molecule has 1 aromatic heterocycles. The van der Waals surface area contributed by atoms with Crippen LogP contribution < -0.4 is 20.1 Å². The SMILES string of the molecule is CCCOc1ccc(CNC(=O)NCCOc2ccc(Cl)cc2)cn1. The van der Waals surface area contributed by atoms with Gasteiger partial charge in [0.1, 0.15) is 12.4 Å². The molecule has 2 N–H and O–H groups in total. The van der Waals surface area contributed by atoms with Gasteiger partial charge >= 0.3 is 6.03 Å². The van der Waals surface area contributed by atoms with E-state index in [1.807, 2.05) is 13.0 Å². The largest absolute Gasteiger partial charge is 0.492 e. The third-order valence-electron chi connectivity index (χ3n) is 3.17. The van der Waals surface area contributed by atoms with Gasteiger partial charge in [0.25, 0.3) is 0 Å². The van der Waals surface area contributed by atoms with E-state index in [4.69, 9.17) is 21.1 Å². The Bertz CT molecular complexity index is 648. The highest BCUT2D eigenvalue weighted by atomic mass is 35.5. The van der Waals surface area contributed by atoms with Crippen molar-refractivity contribution in [1.82, 2.24) is 15.6 Å². The van der Waals surface area contributed by atoms with Crippen LogP contribution in [0.3, 0.4) is 0 Å². The van der Waals surface area contributed by atoms with Crippen LogP contribution in [0.5, 0.6) is 11.6 Å². The van der Waals surface area contributed by atoms with E-state index in [9.17, 15) is 4.79 Å². The van der Waals surface area contributed by atoms with Crippen LogP contribution in [0.2, 0.25) is 5.02 Å². The van der Waals surface area contributed by atoms with Crippen molar-refractivity contribution >= 4 is 17.6 Å². The second-order valence-corrected chi connectivity index (χ2v) is 5.70. The number of pyridine rings is 1. The number of carbonyl (C=O) groups is 1. The molecule has 0 aliphatic carbocycles. The predicted octanol–water partition coefficient (Wildman–Crippen LogP) is 3.40. The van der Waals surface area contributed by atoms with Crippen molar-refractivity contribution in [2.75, 3.05) is 19.8 Å². The predicted molar refractivity (Wildman–Crippen MR) is 97.2 cm³/mol. The highest BCUT2D eigenvalue weighted by Crippen LogP contribution is 2.15. The van der Waals surface area contributed by atoms with E-state index in [1.165, 1.54) is 0 Å². The van der Waals surface area contributed by atoms with Gasteiger partial charge < -0.3 is 20.1 Å². The van der Waals surface area contributed by atoms with Crippen molar-refractivity contribution in [2.24, 2.45) is 0 Å². The summed E-state index contributed by atoms with van der Waals surface area (Å²) in [6.45, 7) is 3.85. The summed E-state index contributed by atoms with van der Waals surface area (Å²) in [6.07, 6.45) is 2.63. The van der Waals surface area contributed by atoms with Crippen molar-refractivity contribution in [3.05, 3.63) is 53.2 Å². The van der Waals surface area contributed by atoms with Gasteiger partial charge in [0.15, 0.2) is 0 Å². The minimum Gasteiger partial charge on any atom is -0.492 e. The van der Waals surface area contributed by atoms with Gasteiger partial charge in [-0.2, -0.15) is 0 Å². The van der Waals surface area contributed by atoms with E-state index >= 15 is 0 Å². The number of halogens is 1. The van der Waals surface area contributed by atoms with E-state index < -0.39 is 0 Å². The normalized spacial score (nSPS) is 10.2. The van der Waals surface area contributed by atoms with Gasteiger partial charge in [-0.05, 0) is 36.2 Å². The molecule has 0 radical (unpaired) electrons. The van der Waals surface area contributed by atoms with Crippen molar-refractivity contribution in [3.8, 4) is 11.6 Å². The number of rotatable bonds is 9. The van der Waals surface area contributed by atoms with Crippen LogP contribution in [-0.4, -0.2) is 30.8 Å². The lowest BCUT2D eigenvalue weighted by Crippen LogP contribution is -2.37. The lowest BCUT2D eigenvalue weighted by molar-refractivity contribution is 0.236. The van der Waals surface area contributed by atoms with Gasteiger partial charge in [0, 0.05) is 23.8 Å². The van der Waals surface area contributed by atoms with E-state index in [2.05, 4.69) is 15.6 Å². The standard InChI is InChI=1S/C18H22ClN3O3/c1-2-10-25-17-8-3-14(12-21-17)13-22-18(23)20-9-11-24-16-6-4-15(19)5-7-16/h3-8,12H,2,9-11,13H2,1H3,(H2,20,22,23). The quantitative estimate of drug-likeness (QED) is 0.670. The topological polar surface area (TPSA) is 72.5 Å².